The minimum absolute atomic E-state index is 0.789. The SMILES string of the molecule is C=C(Br)CNCc1cscn1. The summed E-state index contributed by atoms with van der Waals surface area (Å²) in [4.78, 5) is 4.12. The molecule has 0 saturated carbocycles. The van der Waals surface area contributed by atoms with Gasteiger partial charge in [0.2, 0.25) is 0 Å². The molecule has 1 heterocycles. The van der Waals surface area contributed by atoms with E-state index in [1.165, 1.54) is 0 Å². The fraction of sp³-hybridized carbons (Fsp3) is 0.286. The van der Waals surface area contributed by atoms with Gasteiger partial charge in [-0.25, -0.2) is 4.98 Å². The maximum atomic E-state index is 4.12. The molecule has 0 aliphatic rings. The molecule has 0 bridgehead atoms. The number of thiazole rings is 1. The van der Waals surface area contributed by atoms with E-state index in [2.05, 4.69) is 32.8 Å². The van der Waals surface area contributed by atoms with Gasteiger partial charge in [-0.2, -0.15) is 0 Å². The number of hydrogen-bond acceptors (Lipinski definition) is 3. The zero-order chi connectivity index (χ0) is 8.10. The molecule has 2 nitrogen and oxygen atoms in total. The molecule has 0 unspecified atom stereocenters. The molecule has 4 heteroatoms. The third kappa shape index (κ3) is 3.65. The maximum Gasteiger partial charge on any atom is 0.0795 e. The van der Waals surface area contributed by atoms with Crippen LogP contribution in [-0.2, 0) is 6.54 Å². The maximum absolute atomic E-state index is 4.12. The van der Waals surface area contributed by atoms with Crippen molar-refractivity contribution in [3.8, 4) is 0 Å². The zero-order valence-corrected chi connectivity index (χ0v) is 8.41. The van der Waals surface area contributed by atoms with Gasteiger partial charge in [0.25, 0.3) is 0 Å². The number of aromatic nitrogens is 1. The molecule has 0 spiro atoms. The fourth-order valence-electron chi connectivity index (χ4n) is 0.651. The standard InChI is InChI=1S/C7H9BrN2S/c1-6(8)2-9-3-7-4-11-5-10-7/h4-5,9H,1-3H2. The van der Waals surface area contributed by atoms with Crippen LogP contribution in [0.5, 0.6) is 0 Å². The van der Waals surface area contributed by atoms with Crippen LogP contribution in [0.4, 0.5) is 0 Å². The van der Waals surface area contributed by atoms with Crippen LogP contribution in [0, 0.1) is 0 Å². The molecule has 0 amide bonds. The van der Waals surface area contributed by atoms with Crippen LogP contribution < -0.4 is 5.32 Å². The Morgan fingerprint density at radius 3 is 3.18 bits per heavy atom. The highest BCUT2D eigenvalue weighted by atomic mass is 79.9. The summed E-state index contributed by atoms with van der Waals surface area (Å²) in [6, 6.07) is 0. The lowest BCUT2D eigenvalue weighted by molar-refractivity contribution is 0.742. The van der Waals surface area contributed by atoms with E-state index in [0.29, 0.717) is 0 Å². The van der Waals surface area contributed by atoms with Gasteiger partial charge in [-0.3, -0.25) is 0 Å². The Bertz CT molecular complexity index is 220. The smallest absolute Gasteiger partial charge is 0.0795 e. The average Bonchev–Trinajstić information content (AvgIpc) is 2.39. The molecule has 11 heavy (non-hydrogen) atoms. The largest absolute Gasteiger partial charge is 0.307 e. The van der Waals surface area contributed by atoms with E-state index in [1.807, 2.05) is 10.9 Å². The molecule has 0 aliphatic carbocycles. The van der Waals surface area contributed by atoms with E-state index in [9.17, 15) is 0 Å². The summed E-state index contributed by atoms with van der Waals surface area (Å²) >= 11 is 4.88. The monoisotopic (exact) mass is 232 g/mol. The van der Waals surface area contributed by atoms with Gasteiger partial charge < -0.3 is 5.32 Å². The van der Waals surface area contributed by atoms with E-state index in [4.69, 9.17) is 0 Å². The van der Waals surface area contributed by atoms with Gasteiger partial charge in [0, 0.05) is 23.0 Å². The second kappa shape index (κ2) is 4.64. The first-order valence-corrected chi connectivity index (χ1v) is 4.93. The molecular weight excluding hydrogens is 224 g/mol. The molecule has 0 aromatic carbocycles. The topological polar surface area (TPSA) is 24.9 Å². The Morgan fingerprint density at radius 1 is 1.82 bits per heavy atom. The van der Waals surface area contributed by atoms with Crippen LogP contribution in [-0.4, -0.2) is 11.5 Å². The van der Waals surface area contributed by atoms with E-state index in [-0.39, 0.29) is 0 Å². The van der Waals surface area contributed by atoms with Gasteiger partial charge in [-0.1, -0.05) is 22.5 Å². The van der Waals surface area contributed by atoms with Gasteiger partial charge in [0.1, 0.15) is 0 Å². The van der Waals surface area contributed by atoms with Crippen molar-refractivity contribution in [2.24, 2.45) is 0 Å². The van der Waals surface area contributed by atoms with Gasteiger partial charge in [0.15, 0.2) is 0 Å². The molecule has 0 saturated heterocycles. The number of halogens is 1. The normalized spacial score (nSPS) is 9.91. The first kappa shape index (κ1) is 8.90. The second-order valence-electron chi connectivity index (χ2n) is 2.10. The highest BCUT2D eigenvalue weighted by Crippen LogP contribution is 2.01. The summed E-state index contributed by atoms with van der Waals surface area (Å²) in [7, 11) is 0. The van der Waals surface area contributed by atoms with Crippen LogP contribution in [0.2, 0.25) is 0 Å². The van der Waals surface area contributed by atoms with Crippen molar-refractivity contribution in [3.63, 3.8) is 0 Å². The molecule has 1 aromatic rings. The number of nitrogens with zero attached hydrogens (tertiary/aromatic N) is 1. The van der Waals surface area contributed by atoms with Gasteiger partial charge in [-0.05, 0) is 0 Å². The Morgan fingerprint density at radius 2 is 2.64 bits per heavy atom. The Hall–Kier alpha value is -0.190. The zero-order valence-electron chi connectivity index (χ0n) is 6.01. The Kier molecular flexibility index (Phi) is 3.76. The summed E-state index contributed by atoms with van der Waals surface area (Å²) in [6.07, 6.45) is 0. The van der Waals surface area contributed by atoms with Crippen LogP contribution in [0.15, 0.2) is 22.0 Å². The van der Waals surface area contributed by atoms with E-state index in [0.717, 1.165) is 23.3 Å². The minimum Gasteiger partial charge on any atom is -0.307 e. The van der Waals surface area contributed by atoms with Crippen molar-refractivity contribution in [2.75, 3.05) is 6.54 Å². The van der Waals surface area contributed by atoms with Crippen molar-refractivity contribution >= 4 is 27.3 Å². The third-order valence-corrected chi connectivity index (χ3v) is 2.02. The van der Waals surface area contributed by atoms with Gasteiger partial charge in [-0.15, -0.1) is 11.3 Å². The number of nitrogens with one attached hydrogen (secondary N) is 1. The predicted molar refractivity (Wildman–Crippen MR) is 51.9 cm³/mol. The predicted octanol–water partition coefficient (Wildman–Crippen LogP) is 2.14. The van der Waals surface area contributed by atoms with E-state index < -0.39 is 0 Å². The molecule has 0 fully saturated rings. The fourth-order valence-corrected chi connectivity index (χ4v) is 1.41. The van der Waals surface area contributed by atoms with Gasteiger partial charge in [0.05, 0.1) is 11.2 Å². The Labute approximate surface area is 78.5 Å². The lowest BCUT2D eigenvalue weighted by Crippen LogP contribution is -2.14. The van der Waals surface area contributed by atoms with Crippen molar-refractivity contribution in [1.29, 1.82) is 0 Å². The first-order valence-electron chi connectivity index (χ1n) is 3.20. The van der Waals surface area contributed by atoms with E-state index in [1.54, 1.807) is 11.3 Å². The number of rotatable bonds is 4. The molecule has 1 aromatic heterocycles. The average molecular weight is 233 g/mol. The minimum atomic E-state index is 0.789. The van der Waals surface area contributed by atoms with Gasteiger partial charge >= 0.3 is 0 Å². The Balaban J connectivity index is 2.19. The second-order valence-corrected chi connectivity index (χ2v) is 3.94. The summed E-state index contributed by atoms with van der Waals surface area (Å²) in [5.41, 5.74) is 2.92. The molecule has 0 atom stereocenters. The van der Waals surface area contributed by atoms with Crippen LogP contribution >= 0.6 is 27.3 Å². The van der Waals surface area contributed by atoms with Crippen molar-refractivity contribution < 1.29 is 0 Å². The third-order valence-electron chi connectivity index (χ3n) is 1.11. The van der Waals surface area contributed by atoms with Crippen molar-refractivity contribution in [1.82, 2.24) is 10.3 Å². The van der Waals surface area contributed by atoms with Crippen LogP contribution in [0.3, 0.4) is 0 Å². The summed E-state index contributed by atoms with van der Waals surface area (Å²) in [5.74, 6) is 0. The molecule has 1 rings (SSSR count). The van der Waals surface area contributed by atoms with Crippen LogP contribution in [0.1, 0.15) is 5.69 Å². The summed E-state index contributed by atoms with van der Waals surface area (Å²) in [6.45, 7) is 5.31. The quantitative estimate of drug-likeness (QED) is 0.861. The molecular formula is C7H9BrN2S. The van der Waals surface area contributed by atoms with Crippen molar-refractivity contribution in [3.05, 3.63) is 27.6 Å². The summed E-state index contributed by atoms with van der Waals surface area (Å²) < 4.78 is 0.965. The molecule has 60 valence electrons. The summed E-state index contributed by atoms with van der Waals surface area (Å²) in [5, 5.41) is 5.22. The number of hydrogen-bond donors (Lipinski definition) is 1. The lowest BCUT2D eigenvalue weighted by Gasteiger charge is -1.98. The van der Waals surface area contributed by atoms with E-state index >= 15 is 0 Å². The van der Waals surface area contributed by atoms with Crippen LogP contribution in [0.25, 0.3) is 0 Å². The molecule has 1 N–H and O–H groups in total. The first-order chi connectivity index (χ1) is 5.29. The highest BCUT2D eigenvalue weighted by Gasteiger charge is 1.92. The highest BCUT2D eigenvalue weighted by molar-refractivity contribution is 9.11. The molecule has 0 aliphatic heterocycles. The molecule has 0 radical (unpaired) electrons. The lowest BCUT2D eigenvalue weighted by atomic mass is 10.5. The van der Waals surface area contributed by atoms with Crippen molar-refractivity contribution in [2.45, 2.75) is 6.54 Å².